The van der Waals surface area contributed by atoms with Gasteiger partial charge in [-0.2, -0.15) is 0 Å². The molecule has 2 heterocycles. The molecule has 5 nitrogen and oxygen atoms in total. The Hall–Kier alpha value is -1.91. The lowest BCUT2D eigenvalue weighted by Gasteiger charge is -2.38. The molecule has 21 heavy (non-hydrogen) atoms. The molecule has 1 unspecified atom stereocenters. The lowest BCUT2D eigenvalue weighted by atomic mass is 9.94. The number of hydrogen-bond acceptors (Lipinski definition) is 3. The summed E-state index contributed by atoms with van der Waals surface area (Å²) in [6.45, 7) is 0.649. The van der Waals surface area contributed by atoms with Crippen LogP contribution in [0.5, 0.6) is 0 Å². The Morgan fingerprint density at radius 2 is 2.14 bits per heavy atom. The predicted octanol–water partition coefficient (Wildman–Crippen LogP) is 1.80. The van der Waals surface area contributed by atoms with E-state index in [4.69, 9.17) is 0 Å². The van der Waals surface area contributed by atoms with Crippen LogP contribution in [0.3, 0.4) is 0 Å². The van der Waals surface area contributed by atoms with Crippen LogP contribution in [0.1, 0.15) is 50.1 Å². The van der Waals surface area contributed by atoms with E-state index >= 15 is 0 Å². The lowest BCUT2D eigenvalue weighted by molar-refractivity contribution is -0.149. The third-order valence-electron chi connectivity index (χ3n) is 4.40. The van der Waals surface area contributed by atoms with E-state index in [0.717, 1.165) is 18.4 Å². The van der Waals surface area contributed by atoms with Crippen molar-refractivity contribution < 1.29 is 9.59 Å². The van der Waals surface area contributed by atoms with Crippen LogP contribution in [0, 0.1) is 0 Å². The topological polar surface area (TPSA) is 62.3 Å². The normalized spacial score (nSPS) is 20.8. The zero-order valence-corrected chi connectivity index (χ0v) is 12.1. The fraction of sp³-hybridized carbons (Fsp3) is 0.562. The van der Waals surface area contributed by atoms with Crippen molar-refractivity contribution >= 4 is 11.8 Å². The van der Waals surface area contributed by atoms with Crippen LogP contribution in [0.4, 0.5) is 0 Å². The number of nitrogens with one attached hydrogen (secondary N) is 1. The maximum atomic E-state index is 12.7. The molecule has 1 N–H and O–H groups in total. The summed E-state index contributed by atoms with van der Waals surface area (Å²) < 4.78 is 0. The minimum Gasteiger partial charge on any atom is -0.351 e. The molecule has 1 saturated carbocycles. The van der Waals surface area contributed by atoms with Gasteiger partial charge in [0.1, 0.15) is 6.04 Å². The quantitative estimate of drug-likeness (QED) is 0.859. The van der Waals surface area contributed by atoms with Gasteiger partial charge in [0.25, 0.3) is 0 Å². The van der Waals surface area contributed by atoms with Gasteiger partial charge in [-0.1, -0.05) is 25.3 Å². The highest BCUT2D eigenvalue weighted by molar-refractivity contribution is 5.91. The van der Waals surface area contributed by atoms with Crippen molar-refractivity contribution in [2.75, 3.05) is 6.54 Å². The second-order valence-corrected chi connectivity index (χ2v) is 5.87. The van der Waals surface area contributed by atoms with Crippen molar-refractivity contribution in [2.24, 2.45) is 0 Å². The number of amides is 2. The van der Waals surface area contributed by atoms with Crippen molar-refractivity contribution in [1.82, 2.24) is 15.2 Å². The Morgan fingerprint density at radius 3 is 2.71 bits per heavy atom. The highest BCUT2D eigenvalue weighted by Gasteiger charge is 2.37. The van der Waals surface area contributed by atoms with Crippen molar-refractivity contribution in [3.63, 3.8) is 0 Å². The molecule has 1 aliphatic carbocycles. The summed E-state index contributed by atoms with van der Waals surface area (Å²) in [5, 5.41) is 3.13. The van der Waals surface area contributed by atoms with E-state index in [2.05, 4.69) is 10.3 Å². The van der Waals surface area contributed by atoms with Crippen molar-refractivity contribution in [3.05, 3.63) is 30.1 Å². The Morgan fingerprint density at radius 1 is 1.33 bits per heavy atom. The largest absolute Gasteiger partial charge is 0.351 e. The van der Waals surface area contributed by atoms with Gasteiger partial charge in [0, 0.05) is 37.0 Å². The van der Waals surface area contributed by atoms with E-state index in [1.165, 1.54) is 19.3 Å². The molecule has 2 amide bonds. The van der Waals surface area contributed by atoms with Gasteiger partial charge in [-0.3, -0.25) is 14.6 Å². The fourth-order valence-electron chi connectivity index (χ4n) is 3.14. The van der Waals surface area contributed by atoms with Gasteiger partial charge in [0.05, 0.1) is 0 Å². The lowest BCUT2D eigenvalue weighted by Crippen LogP contribution is -2.52. The maximum absolute atomic E-state index is 12.7. The SMILES string of the molecule is O=C(NC1CCCCC1)C(c1cccnc1)N1CCC1=O. The Labute approximate surface area is 124 Å². The molecule has 0 bridgehead atoms. The molecule has 5 heteroatoms. The highest BCUT2D eigenvalue weighted by Crippen LogP contribution is 2.27. The van der Waals surface area contributed by atoms with E-state index in [9.17, 15) is 9.59 Å². The third kappa shape index (κ3) is 3.06. The van der Waals surface area contributed by atoms with Gasteiger partial charge < -0.3 is 10.2 Å². The molecule has 0 spiro atoms. The molecule has 0 aromatic carbocycles. The van der Waals surface area contributed by atoms with Crippen molar-refractivity contribution in [3.8, 4) is 0 Å². The standard InChI is InChI=1S/C16H21N3O2/c20-14-8-10-19(14)15(12-5-4-9-17-11-12)16(21)18-13-6-2-1-3-7-13/h4-5,9,11,13,15H,1-3,6-8,10H2,(H,18,21). The second-order valence-electron chi connectivity index (χ2n) is 5.87. The van der Waals surface area contributed by atoms with Crippen LogP contribution < -0.4 is 5.32 Å². The first-order chi connectivity index (χ1) is 10.3. The van der Waals surface area contributed by atoms with E-state index in [-0.39, 0.29) is 17.9 Å². The molecule has 2 aliphatic rings. The van der Waals surface area contributed by atoms with E-state index < -0.39 is 6.04 Å². The summed E-state index contributed by atoms with van der Waals surface area (Å²) in [7, 11) is 0. The molecule has 1 aromatic heterocycles. The molecule has 0 radical (unpaired) electrons. The third-order valence-corrected chi connectivity index (χ3v) is 4.40. The minimum atomic E-state index is -0.526. The summed E-state index contributed by atoms with van der Waals surface area (Å²) >= 11 is 0. The molecule has 1 aliphatic heterocycles. The van der Waals surface area contributed by atoms with Crippen LogP contribution in [-0.2, 0) is 9.59 Å². The van der Waals surface area contributed by atoms with Gasteiger partial charge in [-0.25, -0.2) is 0 Å². The number of rotatable bonds is 4. The predicted molar refractivity (Wildman–Crippen MR) is 78.3 cm³/mol. The van der Waals surface area contributed by atoms with Gasteiger partial charge in [-0.15, -0.1) is 0 Å². The smallest absolute Gasteiger partial charge is 0.247 e. The summed E-state index contributed by atoms with van der Waals surface area (Å²) in [5.74, 6) is -0.0226. The van der Waals surface area contributed by atoms with E-state index in [0.29, 0.717) is 13.0 Å². The average molecular weight is 287 g/mol. The molecular weight excluding hydrogens is 266 g/mol. The molecule has 1 aromatic rings. The van der Waals surface area contributed by atoms with Gasteiger partial charge in [0.15, 0.2) is 0 Å². The highest BCUT2D eigenvalue weighted by atomic mass is 16.2. The molecule has 112 valence electrons. The first-order valence-corrected chi connectivity index (χ1v) is 7.75. The van der Waals surface area contributed by atoms with Gasteiger partial charge >= 0.3 is 0 Å². The maximum Gasteiger partial charge on any atom is 0.247 e. The van der Waals surface area contributed by atoms with Gasteiger partial charge in [-0.05, 0) is 18.9 Å². The zero-order valence-electron chi connectivity index (χ0n) is 12.1. The van der Waals surface area contributed by atoms with Crippen LogP contribution in [0.25, 0.3) is 0 Å². The van der Waals surface area contributed by atoms with Crippen LogP contribution >= 0.6 is 0 Å². The van der Waals surface area contributed by atoms with Crippen LogP contribution in [-0.4, -0.2) is 34.3 Å². The first-order valence-electron chi connectivity index (χ1n) is 7.75. The molecule has 2 fully saturated rings. The van der Waals surface area contributed by atoms with E-state index in [1.54, 1.807) is 23.4 Å². The molecule has 3 rings (SSSR count). The number of hydrogen-bond donors (Lipinski definition) is 1. The van der Waals surface area contributed by atoms with Crippen LogP contribution in [0.2, 0.25) is 0 Å². The van der Waals surface area contributed by atoms with Crippen molar-refractivity contribution in [1.29, 1.82) is 0 Å². The number of carbonyl (C=O) groups is 2. The number of nitrogens with zero attached hydrogens (tertiary/aromatic N) is 2. The number of carbonyl (C=O) groups excluding carboxylic acids is 2. The summed E-state index contributed by atoms with van der Waals surface area (Å²) in [5.41, 5.74) is 0.791. The number of β-lactam (4-membered cyclic amide) rings is 1. The fourth-order valence-corrected chi connectivity index (χ4v) is 3.14. The zero-order chi connectivity index (χ0) is 14.7. The van der Waals surface area contributed by atoms with Gasteiger partial charge in [0.2, 0.25) is 11.8 Å². The monoisotopic (exact) mass is 287 g/mol. The Balaban J connectivity index is 1.74. The first kappa shape index (κ1) is 14.0. The summed E-state index contributed by atoms with van der Waals surface area (Å²) in [6, 6.07) is 3.40. The van der Waals surface area contributed by atoms with Crippen LogP contribution in [0.15, 0.2) is 24.5 Å². The number of pyridine rings is 1. The number of aromatic nitrogens is 1. The minimum absolute atomic E-state index is 0.0441. The van der Waals surface area contributed by atoms with Crippen molar-refractivity contribution in [2.45, 2.75) is 50.6 Å². The molecular formula is C16H21N3O2. The summed E-state index contributed by atoms with van der Waals surface area (Å²) in [6.07, 6.45) is 9.57. The summed E-state index contributed by atoms with van der Waals surface area (Å²) in [4.78, 5) is 30.2. The molecule has 1 saturated heterocycles. The second kappa shape index (κ2) is 6.24. The Bertz CT molecular complexity index is 512. The average Bonchev–Trinajstić information content (AvgIpc) is 2.52. The van der Waals surface area contributed by atoms with E-state index in [1.807, 2.05) is 6.07 Å². The number of likely N-dealkylation sites (tertiary alicyclic amines) is 1. The Kier molecular flexibility index (Phi) is 4.18. The molecule has 1 atom stereocenters.